The zero-order chi connectivity index (χ0) is 33.3. The van der Waals surface area contributed by atoms with Gasteiger partial charge in [0.2, 0.25) is 5.91 Å². The Labute approximate surface area is 257 Å². The Bertz CT molecular complexity index is 1640. The Morgan fingerprint density at radius 1 is 0.891 bits per heavy atom. The molecule has 18 heteroatoms. The van der Waals surface area contributed by atoms with Crippen molar-refractivity contribution in [2.75, 3.05) is 5.32 Å². The van der Waals surface area contributed by atoms with Crippen molar-refractivity contribution in [2.24, 2.45) is 0 Å². The quantitative estimate of drug-likeness (QED) is 0.137. The fraction of sp³-hybridized carbons (Fsp3) is 0.357. The number of unbranched alkanes of at least 4 members (excludes halogenated alkanes) is 1. The molecule has 4 aromatic rings. The molecule has 12 nitrogen and oxygen atoms in total. The number of nitrogens with one attached hydrogen (secondary N) is 2. The van der Waals surface area contributed by atoms with E-state index in [9.17, 15) is 35.9 Å². The molecule has 0 aliphatic heterocycles. The monoisotopic (exact) mass is 654 g/mol. The second-order valence-corrected chi connectivity index (χ2v) is 9.89. The first-order valence-corrected chi connectivity index (χ1v) is 13.9. The fourth-order valence-electron chi connectivity index (χ4n) is 4.01. The van der Waals surface area contributed by atoms with Crippen molar-refractivity contribution in [3.63, 3.8) is 0 Å². The number of anilines is 1. The summed E-state index contributed by atoms with van der Waals surface area (Å²) in [6.45, 7) is 1.78. The van der Waals surface area contributed by atoms with Crippen molar-refractivity contribution in [1.82, 2.24) is 35.3 Å². The number of hydrogen-bond donors (Lipinski definition) is 2. The van der Waals surface area contributed by atoms with E-state index in [0.717, 1.165) is 30.3 Å². The maximum atomic E-state index is 14.1. The Balaban J connectivity index is 1.18. The number of ether oxygens (including phenoxy) is 2. The summed E-state index contributed by atoms with van der Waals surface area (Å²) in [5.41, 5.74) is 0.235. The average molecular weight is 655 g/mol. The molecule has 0 atom stereocenters. The molecule has 46 heavy (non-hydrogen) atoms. The van der Waals surface area contributed by atoms with E-state index in [2.05, 4.69) is 40.7 Å². The lowest BCUT2D eigenvalue weighted by atomic mass is 10.1. The number of hydrogen-bond acceptors (Lipinski definition) is 8. The zero-order valence-corrected chi connectivity index (χ0v) is 24.2. The first-order chi connectivity index (χ1) is 21.8. The number of carbonyl (C=O) groups is 2. The predicted molar refractivity (Wildman–Crippen MR) is 148 cm³/mol. The number of nitrogens with zero attached hydrogens (tertiary/aromatic N) is 6. The van der Waals surface area contributed by atoms with Crippen molar-refractivity contribution in [2.45, 2.75) is 64.7 Å². The number of carbonyl (C=O) groups excluding carboxylic acids is 2. The highest BCUT2D eigenvalue weighted by Gasteiger charge is 2.31. The molecule has 246 valence electrons. The van der Waals surface area contributed by atoms with E-state index in [1.54, 1.807) is 0 Å². The number of rotatable bonds is 15. The van der Waals surface area contributed by atoms with Crippen LogP contribution >= 0.6 is 0 Å². The fourth-order valence-corrected chi connectivity index (χ4v) is 4.01. The summed E-state index contributed by atoms with van der Waals surface area (Å²) >= 11 is 0. The molecule has 0 saturated carbocycles. The van der Waals surface area contributed by atoms with Crippen molar-refractivity contribution >= 4 is 17.6 Å². The van der Waals surface area contributed by atoms with E-state index in [1.807, 2.05) is 0 Å². The molecule has 0 saturated heterocycles. The van der Waals surface area contributed by atoms with Crippen LogP contribution in [0.5, 0.6) is 11.5 Å². The van der Waals surface area contributed by atoms with Crippen LogP contribution in [0.2, 0.25) is 0 Å². The van der Waals surface area contributed by atoms with Crippen LogP contribution < -0.4 is 20.1 Å². The van der Waals surface area contributed by atoms with E-state index < -0.39 is 42.3 Å². The highest BCUT2D eigenvalue weighted by Crippen LogP contribution is 2.26. The molecule has 2 amide bonds. The minimum absolute atomic E-state index is 0.0263. The Kier molecular flexibility index (Phi) is 10.8. The highest BCUT2D eigenvalue weighted by atomic mass is 19.4. The molecule has 2 heterocycles. The molecule has 0 fully saturated rings. The summed E-state index contributed by atoms with van der Waals surface area (Å²) in [7, 11) is 0. The SMILES string of the molecule is CCC(F)(F)Oc1ccc(F)c(CNC(=O)c2cn(CCCCn3cc(NC(=O)Cc4cccc(OC(F)(F)F)c4)nn3)nn2)c1. The Morgan fingerprint density at radius 3 is 2.30 bits per heavy atom. The molecule has 0 bridgehead atoms. The molecule has 0 unspecified atom stereocenters. The molecule has 2 N–H and O–H groups in total. The lowest BCUT2D eigenvalue weighted by Crippen LogP contribution is -2.25. The molecule has 0 aliphatic carbocycles. The molecule has 0 spiro atoms. The topological polar surface area (TPSA) is 138 Å². The Hall–Kier alpha value is -5.16. The van der Waals surface area contributed by atoms with Crippen LogP contribution in [0.3, 0.4) is 0 Å². The van der Waals surface area contributed by atoms with Crippen LogP contribution in [0.15, 0.2) is 54.9 Å². The van der Waals surface area contributed by atoms with Gasteiger partial charge in [-0.3, -0.25) is 19.0 Å². The van der Waals surface area contributed by atoms with Gasteiger partial charge in [-0.25, -0.2) is 4.39 Å². The number of aromatic nitrogens is 6. The summed E-state index contributed by atoms with van der Waals surface area (Å²) in [6, 6.07) is 8.21. The summed E-state index contributed by atoms with van der Waals surface area (Å²) < 4.78 is 89.8. The molecule has 2 aromatic carbocycles. The van der Waals surface area contributed by atoms with Crippen LogP contribution in [0, 0.1) is 5.82 Å². The lowest BCUT2D eigenvalue weighted by molar-refractivity contribution is -0.274. The van der Waals surface area contributed by atoms with Crippen molar-refractivity contribution in [3.05, 3.63) is 77.5 Å². The number of halogens is 6. The van der Waals surface area contributed by atoms with Crippen LogP contribution in [0.1, 0.15) is 47.8 Å². The number of aryl methyl sites for hydroxylation is 2. The van der Waals surface area contributed by atoms with Gasteiger partial charge in [-0.15, -0.1) is 23.4 Å². The molecular formula is C28H28F6N8O4. The van der Waals surface area contributed by atoms with Gasteiger partial charge < -0.3 is 20.1 Å². The molecule has 2 aromatic heterocycles. The average Bonchev–Trinajstić information content (AvgIpc) is 3.64. The third-order valence-electron chi connectivity index (χ3n) is 6.23. The maximum absolute atomic E-state index is 14.1. The summed E-state index contributed by atoms with van der Waals surface area (Å²) in [5.74, 6) is -2.36. The van der Waals surface area contributed by atoms with Gasteiger partial charge in [0.15, 0.2) is 11.5 Å². The van der Waals surface area contributed by atoms with Gasteiger partial charge in [0, 0.05) is 31.6 Å². The second kappa shape index (κ2) is 14.7. The third kappa shape index (κ3) is 10.5. The summed E-state index contributed by atoms with van der Waals surface area (Å²) in [6.07, 6.45) is -4.92. The maximum Gasteiger partial charge on any atom is 0.573 e. The first kappa shape index (κ1) is 33.7. The predicted octanol–water partition coefficient (Wildman–Crippen LogP) is 4.88. The van der Waals surface area contributed by atoms with E-state index in [4.69, 9.17) is 0 Å². The van der Waals surface area contributed by atoms with Crippen LogP contribution in [0.4, 0.5) is 32.2 Å². The summed E-state index contributed by atoms with van der Waals surface area (Å²) in [4.78, 5) is 24.8. The van der Waals surface area contributed by atoms with Crippen molar-refractivity contribution in [3.8, 4) is 11.5 Å². The van der Waals surface area contributed by atoms with Crippen molar-refractivity contribution < 1.29 is 45.4 Å². The Morgan fingerprint density at radius 2 is 1.59 bits per heavy atom. The minimum Gasteiger partial charge on any atom is -0.433 e. The molecule has 4 rings (SSSR count). The summed E-state index contributed by atoms with van der Waals surface area (Å²) in [5, 5.41) is 20.5. The van der Waals surface area contributed by atoms with E-state index >= 15 is 0 Å². The minimum atomic E-state index is -4.84. The number of amides is 2. The van der Waals surface area contributed by atoms with Gasteiger partial charge in [-0.1, -0.05) is 29.5 Å². The van der Waals surface area contributed by atoms with Gasteiger partial charge in [-0.2, -0.15) is 8.78 Å². The molecular weight excluding hydrogens is 626 g/mol. The molecule has 0 aliphatic rings. The van der Waals surface area contributed by atoms with Gasteiger partial charge in [-0.05, 0) is 48.7 Å². The van der Waals surface area contributed by atoms with Gasteiger partial charge in [0.05, 0.1) is 18.8 Å². The lowest BCUT2D eigenvalue weighted by Gasteiger charge is -2.17. The molecule has 0 radical (unpaired) electrons. The van der Waals surface area contributed by atoms with Crippen LogP contribution in [-0.4, -0.2) is 54.3 Å². The van der Waals surface area contributed by atoms with E-state index in [1.165, 1.54) is 40.8 Å². The largest absolute Gasteiger partial charge is 0.573 e. The smallest absolute Gasteiger partial charge is 0.433 e. The van der Waals surface area contributed by atoms with Gasteiger partial charge in [0.25, 0.3) is 5.91 Å². The highest BCUT2D eigenvalue weighted by molar-refractivity contribution is 5.92. The third-order valence-corrected chi connectivity index (χ3v) is 6.23. The standard InChI is InChI=1S/C28H28F6N8O4/c1-2-27(30,31)45-21-8-9-22(29)19(14-21)15-35-26(44)23-16-41(39-37-23)10-3-4-11-42-17-24(38-40-42)36-25(43)13-18-6-5-7-20(12-18)46-28(32,33)34/h5-9,12,14,16-17H,2-4,10-11,13,15H2,1H3,(H,35,44)(H,36,43). The second-order valence-electron chi connectivity index (χ2n) is 9.89. The normalized spacial score (nSPS) is 11.7. The van der Waals surface area contributed by atoms with Crippen molar-refractivity contribution in [1.29, 1.82) is 0 Å². The van der Waals surface area contributed by atoms with Gasteiger partial charge >= 0.3 is 12.5 Å². The van der Waals surface area contributed by atoms with E-state index in [-0.39, 0.29) is 35.8 Å². The first-order valence-electron chi connectivity index (χ1n) is 13.9. The number of alkyl halides is 5. The zero-order valence-electron chi connectivity index (χ0n) is 24.2. The van der Waals surface area contributed by atoms with Gasteiger partial charge in [0.1, 0.15) is 17.3 Å². The van der Waals surface area contributed by atoms with E-state index in [0.29, 0.717) is 31.5 Å². The van der Waals surface area contributed by atoms with Crippen LogP contribution in [0.25, 0.3) is 0 Å². The number of benzene rings is 2. The van der Waals surface area contributed by atoms with Crippen LogP contribution in [-0.2, 0) is 30.8 Å².